The first-order valence-corrected chi connectivity index (χ1v) is 10.5. The largest absolute Gasteiger partial charge is 0.442 e. The molecular weight excluding hydrogens is 479 g/mol. The Morgan fingerprint density at radius 3 is 2.72 bits per heavy atom. The number of carbonyl (C=O) groups excluding carboxylic acids is 1. The highest BCUT2D eigenvalue weighted by atomic mass is 127. The summed E-state index contributed by atoms with van der Waals surface area (Å²) in [5.41, 5.74) is 1.89. The fraction of sp³-hybridized carbons (Fsp3) is 0.318. The van der Waals surface area contributed by atoms with Gasteiger partial charge in [-0.15, -0.1) is 6.42 Å². The van der Waals surface area contributed by atoms with Crippen LogP contribution in [0.4, 0.5) is 5.82 Å². The zero-order chi connectivity index (χ0) is 20.6. The summed E-state index contributed by atoms with van der Waals surface area (Å²) in [6.07, 6.45) is 9.15. The van der Waals surface area contributed by atoms with Gasteiger partial charge in [-0.25, -0.2) is 9.97 Å². The molecule has 2 heterocycles. The van der Waals surface area contributed by atoms with Crippen molar-refractivity contribution < 1.29 is 9.21 Å². The van der Waals surface area contributed by atoms with E-state index in [4.69, 9.17) is 10.8 Å². The lowest BCUT2D eigenvalue weighted by atomic mass is 10.1. The van der Waals surface area contributed by atoms with E-state index in [0.717, 1.165) is 22.0 Å². The van der Waals surface area contributed by atoms with Crippen molar-refractivity contribution in [2.75, 3.05) is 11.9 Å². The third-order valence-electron chi connectivity index (χ3n) is 5.15. The molecule has 0 aliphatic heterocycles. The lowest BCUT2D eigenvalue weighted by Crippen LogP contribution is -2.31. The molecule has 1 amide bonds. The smallest absolute Gasteiger partial charge is 0.259 e. The number of nitrogens with one attached hydrogen (secondary N) is 1. The van der Waals surface area contributed by atoms with E-state index in [1.807, 2.05) is 24.3 Å². The van der Waals surface area contributed by atoms with Crippen LogP contribution >= 0.6 is 22.6 Å². The van der Waals surface area contributed by atoms with Crippen molar-refractivity contribution in [3.63, 3.8) is 0 Å². The molecule has 0 unspecified atom stereocenters. The quantitative estimate of drug-likeness (QED) is 0.402. The van der Waals surface area contributed by atoms with Crippen molar-refractivity contribution >= 4 is 45.4 Å². The van der Waals surface area contributed by atoms with Crippen LogP contribution in [0.3, 0.4) is 0 Å². The van der Waals surface area contributed by atoms with E-state index in [1.54, 1.807) is 11.8 Å². The molecule has 0 saturated heterocycles. The average molecular weight is 500 g/mol. The number of rotatable bonds is 6. The summed E-state index contributed by atoms with van der Waals surface area (Å²) in [6.45, 7) is 4.53. The van der Waals surface area contributed by atoms with Crippen molar-refractivity contribution in [1.29, 1.82) is 0 Å². The van der Waals surface area contributed by atoms with Gasteiger partial charge in [0, 0.05) is 15.7 Å². The Balaban J connectivity index is 1.73. The minimum Gasteiger partial charge on any atom is -0.442 e. The summed E-state index contributed by atoms with van der Waals surface area (Å²) in [5.74, 6) is 3.56. The Hall–Kier alpha value is -2.60. The third-order valence-corrected chi connectivity index (χ3v) is 5.87. The second-order valence-electron chi connectivity index (χ2n) is 7.61. The fourth-order valence-corrected chi connectivity index (χ4v) is 3.63. The highest BCUT2D eigenvalue weighted by Gasteiger charge is 2.38. The van der Waals surface area contributed by atoms with Gasteiger partial charge in [-0.05, 0) is 67.0 Å². The van der Waals surface area contributed by atoms with E-state index in [2.05, 4.69) is 50.7 Å². The number of aromatic nitrogens is 2. The highest BCUT2D eigenvalue weighted by Crippen LogP contribution is 2.40. The van der Waals surface area contributed by atoms with Gasteiger partial charge >= 0.3 is 0 Å². The molecule has 2 aromatic heterocycles. The lowest BCUT2D eigenvalue weighted by Gasteiger charge is -2.21. The molecule has 3 aromatic rings. The summed E-state index contributed by atoms with van der Waals surface area (Å²) in [7, 11) is 0. The van der Waals surface area contributed by atoms with E-state index in [0.29, 0.717) is 34.8 Å². The van der Waals surface area contributed by atoms with E-state index < -0.39 is 0 Å². The van der Waals surface area contributed by atoms with Crippen molar-refractivity contribution in [1.82, 2.24) is 14.9 Å². The molecule has 0 atom stereocenters. The Labute approximate surface area is 183 Å². The zero-order valence-electron chi connectivity index (χ0n) is 16.3. The normalized spacial score (nSPS) is 14.4. The molecule has 1 aliphatic carbocycles. The van der Waals surface area contributed by atoms with Crippen LogP contribution in [0, 0.1) is 22.8 Å². The summed E-state index contributed by atoms with van der Waals surface area (Å²) in [4.78, 5) is 23.8. The predicted molar refractivity (Wildman–Crippen MR) is 121 cm³/mol. The number of aryl methyl sites for hydroxylation is 1. The number of halogens is 1. The number of anilines is 1. The fourth-order valence-electron chi connectivity index (χ4n) is 3.27. The summed E-state index contributed by atoms with van der Waals surface area (Å²) in [5, 5.41) is 4.07. The van der Waals surface area contributed by atoms with E-state index in [-0.39, 0.29) is 18.0 Å². The summed E-state index contributed by atoms with van der Waals surface area (Å²) in [6, 6.07) is 8.03. The standard InChI is InChI=1S/C22H21IN4O2/c1-4-11-27(12-15-5-7-16(23)8-6-15)21(28)17-14(2)29-20-18(17)19(24-13-25-20)26-22(3)9-10-22/h1,5-8,13H,9-12H2,2-3H3,(H,24,25,26). The summed E-state index contributed by atoms with van der Waals surface area (Å²) < 4.78 is 6.94. The van der Waals surface area contributed by atoms with Gasteiger partial charge in [0.25, 0.3) is 5.91 Å². The van der Waals surface area contributed by atoms with Crippen LogP contribution in [0.25, 0.3) is 11.1 Å². The Morgan fingerprint density at radius 2 is 2.07 bits per heavy atom. The molecule has 29 heavy (non-hydrogen) atoms. The number of carbonyl (C=O) groups is 1. The molecule has 1 N–H and O–H groups in total. The Kier molecular flexibility index (Phi) is 5.21. The van der Waals surface area contributed by atoms with Crippen molar-refractivity contribution in [2.45, 2.75) is 38.8 Å². The first kappa shape index (κ1) is 19.7. The molecule has 6 nitrogen and oxygen atoms in total. The van der Waals surface area contributed by atoms with Crippen LogP contribution in [0.1, 0.15) is 41.4 Å². The molecule has 1 saturated carbocycles. The molecule has 0 spiro atoms. The number of hydrogen-bond acceptors (Lipinski definition) is 5. The highest BCUT2D eigenvalue weighted by molar-refractivity contribution is 14.1. The summed E-state index contributed by atoms with van der Waals surface area (Å²) >= 11 is 2.26. The maximum Gasteiger partial charge on any atom is 0.259 e. The zero-order valence-corrected chi connectivity index (χ0v) is 18.5. The van der Waals surface area contributed by atoms with E-state index >= 15 is 0 Å². The van der Waals surface area contributed by atoms with Crippen LogP contribution in [-0.4, -0.2) is 32.9 Å². The van der Waals surface area contributed by atoms with Gasteiger partial charge in [0.05, 0.1) is 17.5 Å². The van der Waals surface area contributed by atoms with Gasteiger partial charge in [-0.3, -0.25) is 4.79 Å². The molecule has 1 fully saturated rings. The Morgan fingerprint density at radius 1 is 1.34 bits per heavy atom. The molecule has 148 valence electrons. The Bertz CT molecular complexity index is 1110. The first-order valence-electron chi connectivity index (χ1n) is 9.40. The van der Waals surface area contributed by atoms with Gasteiger partial charge in [-0.1, -0.05) is 18.1 Å². The maximum atomic E-state index is 13.5. The SMILES string of the molecule is C#CCN(Cc1ccc(I)cc1)C(=O)c1c(C)oc2ncnc(NC3(C)CC3)c12. The van der Waals surface area contributed by atoms with Gasteiger partial charge in [-0.2, -0.15) is 0 Å². The van der Waals surface area contributed by atoms with Gasteiger partial charge < -0.3 is 14.6 Å². The average Bonchev–Trinajstić information content (AvgIpc) is 3.31. The van der Waals surface area contributed by atoms with Gasteiger partial charge in [0.1, 0.15) is 17.9 Å². The molecule has 0 bridgehead atoms. The second kappa shape index (κ2) is 7.67. The van der Waals surface area contributed by atoms with Gasteiger partial charge in [0.15, 0.2) is 0 Å². The van der Waals surface area contributed by atoms with Crippen LogP contribution in [0.5, 0.6) is 0 Å². The topological polar surface area (TPSA) is 71.3 Å². The minimum absolute atomic E-state index is 0.00641. The number of hydrogen-bond donors (Lipinski definition) is 1. The lowest BCUT2D eigenvalue weighted by molar-refractivity contribution is 0.0765. The molecule has 0 radical (unpaired) electrons. The van der Waals surface area contributed by atoms with E-state index in [9.17, 15) is 4.79 Å². The van der Waals surface area contributed by atoms with Crippen molar-refractivity contribution in [2.24, 2.45) is 0 Å². The van der Waals surface area contributed by atoms with Crippen LogP contribution in [0.2, 0.25) is 0 Å². The predicted octanol–water partition coefficient (Wildman–Crippen LogP) is 4.38. The molecule has 4 rings (SSSR count). The number of amides is 1. The van der Waals surface area contributed by atoms with Crippen LogP contribution in [-0.2, 0) is 6.54 Å². The number of fused-ring (bicyclic) bond motifs is 1. The molecule has 1 aliphatic rings. The van der Waals surface area contributed by atoms with Crippen LogP contribution in [0.15, 0.2) is 35.0 Å². The van der Waals surface area contributed by atoms with Gasteiger partial charge in [0.2, 0.25) is 5.71 Å². The van der Waals surface area contributed by atoms with Crippen LogP contribution < -0.4 is 5.32 Å². The molecular formula is C22H21IN4O2. The maximum absolute atomic E-state index is 13.5. The first-order chi connectivity index (χ1) is 13.9. The van der Waals surface area contributed by atoms with Crippen molar-refractivity contribution in [3.8, 4) is 12.3 Å². The van der Waals surface area contributed by atoms with E-state index in [1.165, 1.54) is 6.33 Å². The monoisotopic (exact) mass is 500 g/mol. The molecule has 7 heteroatoms. The van der Waals surface area contributed by atoms with Crippen molar-refractivity contribution in [3.05, 3.63) is 51.1 Å². The number of terminal acetylenes is 1. The number of furan rings is 1. The second-order valence-corrected chi connectivity index (χ2v) is 8.86. The number of nitrogens with zero attached hydrogens (tertiary/aromatic N) is 3. The molecule has 1 aromatic carbocycles. The third kappa shape index (κ3) is 4.08. The number of benzene rings is 1. The minimum atomic E-state index is -0.184.